The molecule has 0 saturated heterocycles. The third-order valence-electron chi connectivity index (χ3n) is 4.10. The normalized spacial score (nSPS) is 11.9. The van der Waals surface area contributed by atoms with E-state index in [2.05, 4.69) is 37.9 Å². The van der Waals surface area contributed by atoms with Crippen LogP contribution in [0.15, 0.2) is 60.7 Å². The van der Waals surface area contributed by atoms with E-state index in [-0.39, 0.29) is 11.8 Å². The zero-order valence-corrected chi connectivity index (χ0v) is 16.2. The molecule has 0 aliphatic rings. The Balaban J connectivity index is 2.00. The number of carbonyl (C=O) groups excluding carboxylic acids is 1. The highest BCUT2D eigenvalue weighted by Gasteiger charge is 2.15. The standard InChI is InChI=1S/C23H29NO2/c1-16(2)13-19-9-11-20(12-10-19)18(5)23(25)24-21-7-6-8-22(14-21)26-15-17(3)4/h6-12,14,16,18H,3,13,15H2,1-2,4-5H3,(H,24,25). The van der Waals surface area contributed by atoms with Crippen LogP contribution in [-0.4, -0.2) is 12.5 Å². The molecule has 1 amide bonds. The molecule has 2 aromatic carbocycles. The molecule has 0 radical (unpaired) electrons. The summed E-state index contributed by atoms with van der Waals surface area (Å²) in [5, 5.41) is 2.97. The molecule has 0 aromatic heterocycles. The van der Waals surface area contributed by atoms with E-state index in [4.69, 9.17) is 4.74 Å². The van der Waals surface area contributed by atoms with Crippen molar-refractivity contribution in [3.8, 4) is 5.75 Å². The molecule has 0 bridgehead atoms. The van der Waals surface area contributed by atoms with E-state index in [0.717, 1.165) is 29.0 Å². The van der Waals surface area contributed by atoms with Crippen LogP contribution in [0.5, 0.6) is 5.75 Å². The molecule has 0 aliphatic carbocycles. The largest absolute Gasteiger partial charge is 0.489 e. The van der Waals surface area contributed by atoms with Gasteiger partial charge in [0.1, 0.15) is 12.4 Å². The van der Waals surface area contributed by atoms with Gasteiger partial charge in [-0.25, -0.2) is 0 Å². The molecule has 3 heteroatoms. The van der Waals surface area contributed by atoms with Gasteiger partial charge in [0.15, 0.2) is 0 Å². The molecule has 0 saturated carbocycles. The summed E-state index contributed by atoms with van der Waals surface area (Å²) in [4.78, 5) is 12.6. The fourth-order valence-corrected chi connectivity index (χ4v) is 2.69. The number of hydrogen-bond donors (Lipinski definition) is 1. The van der Waals surface area contributed by atoms with Crippen molar-refractivity contribution in [2.45, 2.75) is 40.0 Å². The van der Waals surface area contributed by atoms with Gasteiger partial charge in [-0.15, -0.1) is 0 Å². The van der Waals surface area contributed by atoms with Crippen LogP contribution >= 0.6 is 0 Å². The van der Waals surface area contributed by atoms with Gasteiger partial charge >= 0.3 is 0 Å². The third-order valence-corrected chi connectivity index (χ3v) is 4.10. The Bertz CT molecular complexity index is 747. The maximum absolute atomic E-state index is 12.6. The molecular weight excluding hydrogens is 322 g/mol. The second kappa shape index (κ2) is 9.23. The number of anilines is 1. The molecular formula is C23H29NO2. The van der Waals surface area contributed by atoms with Crippen LogP contribution in [0.2, 0.25) is 0 Å². The Morgan fingerprint density at radius 2 is 1.81 bits per heavy atom. The molecule has 0 spiro atoms. The van der Waals surface area contributed by atoms with Crippen molar-refractivity contribution >= 4 is 11.6 Å². The highest BCUT2D eigenvalue weighted by Crippen LogP contribution is 2.22. The molecule has 1 N–H and O–H groups in total. The van der Waals surface area contributed by atoms with E-state index in [1.165, 1.54) is 5.56 Å². The number of carbonyl (C=O) groups is 1. The molecule has 1 unspecified atom stereocenters. The van der Waals surface area contributed by atoms with Crippen LogP contribution in [0.4, 0.5) is 5.69 Å². The van der Waals surface area contributed by atoms with Crippen molar-refractivity contribution in [3.63, 3.8) is 0 Å². The zero-order chi connectivity index (χ0) is 19.1. The van der Waals surface area contributed by atoms with Crippen molar-refractivity contribution < 1.29 is 9.53 Å². The fraction of sp³-hybridized carbons (Fsp3) is 0.348. The van der Waals surface area contributed by atoms with Gasteiger partial charge in [0.05, 0.1) is 5.92 Å². The van der Waals surface area contributed by atoms with Gasteiger partial charge in [0.25, 0.3) is 0 Å². The van der Waals surface area contributed by atoms with Crippen LogP contribution in [0.1, 0.15) is 44.7 Å². The minimum atomic E-state index is -0.219. The van der Waals surface area contributed by atoms with Crippen molar-refractivity contribution in [1.29, 1.82) is 0 Å². The van der Waals surface area contributed by atoms with Crippen LogP contribution in [0.25, 0.3) is 0 Å². The second-order valence-electron chi connectivity index (χ2n) is 7.32. The van der Waals surface area contributed by atoms with E-state index in [0.29, 0.717) is 12.5 Å². The SMILES string of the molecule is C=C(C)COc1cccc(NC(=O)C(C)c2ccc(CC(C)C)cc2)c1. The molecule has 2 aromatic rings. The Kier molecular flexibility index (Phi) is 7.02. The quantitative estimate of drug-likeness (QED) is 0.630. The van der Waals surface area contributed by atoms with E-state index >= 15 is 0 Å². The Hall–Kier alpha value is -2.55. The lowest BCUT2D eigenvalue weighted by Crippen LogP contribution is -2.18. The molecule has 0 aliphatic heterocycles. The maximum atomic E-state index is 12.6. The summed E-state index contributed by atoms with van der Waals surface area (Å²) in [6.45, 7) is 12.5. The Morgan fingerprint density at radius 1 is 1.12 bits per heavy atom. The summed E-state index contributed by atoms with van der Waals surface area (Å²) in [7, 11) is 0. The van der Waals surface area contributed by atoms with Crippen molar-refractivity contribution in [2.24, 2.45) is 5.92 Å². The molecule has 2 rings (SSSR count). The van der Waals surface area contributed by atoms with Crippen molar-refractivity contribution in [3.05, 3.63) is 71.8 Å². The first-order valence-electron chi connectivity index (χ1n) is 9.12. The summed E-state index contributed by atoms with van der Waals surface area (Å²) in [5.41, 5.74) is 4.01. The monoisotopic (exact) mass is 351 g/mol. The Labute approximate surface area is 157 Å². The fourth-order valence-electron chi connectivity index (χ4n) is 2.69. The lowest BCUT2D eigenvalue weighted by atomic mass is 9.96. The summed E-state index contributed by atoms with van der Waals surface area (Å²) in [6.07, 6.45) is 1.05. The van der Waals surface area contributed by atoms with E-state index < -0.39 is 0 Å². The van der Waals surface area contributed by atoms with Gasteiger partial charge in [-0.2, -0.15) is 0 Å². The van der Waals surface area contributed by atoms with Gasteiger partial charge < -0.3 is 10.1 Å². The Morgan fingerprint density at radius 3 is 2.42 bits per heavy atom. The zero-order valence-electron chi connectivity index (χ0n) is 16.2. The maximum Gasteiger partial charge on any atom is 0.231 e. The first-order chi connectivity index (χ1) is 12.3. The number of rotatable bonds is 8. The molecule has 0 heterocycles. The molecule has 3 nitrogen and oxygen atoms in total. The van der Waals surface area contributed by atoms with Crippen molar-refractivity contribution in [1.82, 2.24) is 0 Å². The third kappa shape index (κ3) is 6.07. The molecule has 0 fully saturated rings. The molecule has 138 valence electrons. The van der Waals surface area contributed by atoms with Crippen LogP contribution in [-0.2, 0) is 11.2 Å². The predicted molar refractivity (Wildman–Crippen MR) is 109 cm³/mol. The number of benzene rings is 2. The van der Waals surface area contributed by atoms with Gasteiger partial charge in [0, 0.05) is 11.8 Å². The highest BCUT2D eigenvalue weighted by atomic mass is 16.5. The van der Waals surface area contributed by atoms with E-state index in [9.17, 15) is 4.79 Å². The first-order valence-corrected chi connectivity index (χ1v) is 9.12. The highest BCUT2D eigenvalue weighted by molar-refractivity contribution is 5.95. The van der Waals surface area contributed by atoms with Gasteiger partial charge in [-0.05, 0) is 55.0 Å². The summed E-state index contributed by atoms with van der Waals surface area (Å²) in [5.74, 6) is 1.10. The average molecular weight is 351 g/mol. The van der Waals surface area contributed by atoms with Gasteiger partial charge in [0.2, 0.25) is 5.91 Å². The van der Waals surface area contributed by atoms with E-state index in [1.807, 2.05) is 50.2 Å². The van der Waals surface area contributed by atoms with Crippen molar-refractivity contribution in [2.75, 3.05) is 11.9 Å². The van der Waals surface area contributed by atoms with Gasteiger partial charge in [-0.1, -0.05) is 50.8 Å². The summed E-state index contributed by atoms with van der Waals surface area (Å²) in [6, 6.07) is 15.8. The number of hydrogen-bond acceptors (Lipinski definition) is 2. The van der Waals surface area contributed by atoms with Crippen LogP contribution in [0.3, 0.4) is 0 Å². The van der Waals surface area contributed by atoms with Gasteiger partial charge in [-0.3, -0.25) is 4.79 Å². The molecule has 26 heavy (non-hydrogen) atoms. The first kappa shape index (κ1) is 19.8. The predicted octanol–water partition coefficient (Wildman–Crippen LogP) is 5.58. The average Bonchev–Trinajstić information content (AvgIpc) is 2.60. The second-order valence-corrected chi connectivity index (χ2v) is 7.32. The lowest BCUT2D eigenvalue weighted by molar-refractivity contribution is -0.117. The number of ether oxygens (including phenoxy) is 1. The van der Waals surface area contributed by atoms with Crippen LogP contribution in [0, 0.1) is 5.92 Å². The number of nitrogens with one attached hydrogen (secondary N) is 1. The number of amides is 1. The minimum Gasteiger partial charge on any atom is -0.489 e. The van der Waals surface area contributed by atoms with E-state index in [1.54, 1.807) is 0 Å². The molecule has 1 atom stereocenters. The van der Waals surface area contributed by atoms with Crippen LogP contribution < -0.4 is 10.1 Å². The lowest BCUT2D eigenvalue weighted by Gasteiger charge is -2.14. The summed E-state index contributed by atoms with van der Waals surface area (Å²) < 4.78 is 5.63. The smallest absolute Gasteiger partial charge is 0.231 e. The topological polar surface area (TPSA) is 38.3 Å². The minimum absolute atomic E-state index is 0.0290. The summed E-state index contributed by atoms with van der Waals surface area (Å²) >= 11 is 0.